The maximum Gasteiger partial charge on any atom is 0.412 e. The molecule has 0 aromatic heterocycles. The molecule has 0 atom stereocenters. The van der Waals surface area contributed by atoms with Gasteiger partial charge in [-0.25, -0.2) is 4.79 Å². The van der Waals surface area contributed by atoms with Gasteiger partial charge in [0.2, 0.25) is 0 Å². The quantitative estimate of drug-likeness (QED) is 0.884. The molecular formula is C14H20N2O4. The highest BCUT2D eigenvalue weighted by Gasteiger charge is 2.16. The van der Waals surface area contributed by atoms with Crippen LogP contribution in [0.4, 0.5) is 10.5 Å². The Morgan fingerprint density at radius 1 is 1.30 bits per heavy atom. The highest BCUT2D eigenvalue weighted by atomic mass is 16.6. The van der Waals surface area contributed by atoms with Gasteiger partial charge in [0.1, 0.15) is 11.4 Å². The van der Waals surface area contributed by atoms with Crippen molar-refractivity contribution in [3.63, 3.8) is 0 Å². The van der Waals surface area contributed by atoms with Crippen LogP contribution in [0, 0.1) is 6.92 Å². The van der Waals surface area contributed by atoms with Gasteiger partial charge in [0.15, 0.2) is 6.61 Å². The summed E-state index contributed by atoms with van der Waals surface area (Å²) in [4.78, 5) is 22.3. The number of nitrogens with one attached hydrogen (secondary N) is 1. The molecule has 6 heteroatoms. The summed E-state index contributed by atoms with van der Waals surface area (Å²) in [6.07, 6.45) is -0.522. The van der Waals surface area contributed by atoms with Gasteiger partial charge in [-0.05, 0) is 51.5 Å². The van der Waals surface area contributed by atoms with Crippen LogP contribution in [-0.2, 0) is 9.53 Å². The third kappa shape index (κ3) is 5.60. The van der Waals surface area contributed by atoms with E-state index < -0.39 is 17.6 Å². The summed E-state index contributed by atoms with van der Waals surface area (Å²) in [6, 6.07) is 5.02. The highest BCUT2D eigenvalue weighted by Crippen LogP contribution is 2.22. The Hall–Kier alpha value is -2.24. The average Bonchev–Trinajstić information content (AvgIpc) is 2.27. The van der Waals surface area contributed by atoms with Crippen molar-refractivity contribution < 1.29 is 19.1 Å². The summed E-state index contributed by atoms with van der Waals surface area (Å²) in [7, 11) is 0. The lowest BCUT2D eigenvalue weighted by Crippen LogP contribution is -2.27. The monoisotopic (exact) mass is 280 g/mol. The fraction of sp³-hybridized carbons (Fsp3) is 0.429. The molecule has 6 nitrogen and oxygen atoms in total. The number of hydrogen-bond acceptors (Lipinski definition) is 4. The number of anilines is 1. The van der Waals surface area contributed by atoms with Gasteiger partial charge in [0, 0.05) is 5.69 Å². The lowest BCUT2D eigenvalue weighted by Gasteiger charge is -2.20. The van der Waals surface area contributed by atoms with Gasteiger partial charge in [-0.3, -0.25) is 10.1 Å². The van der Waals surface area contributed by atoms with E-state index in [1.54, 1.807) is 39.0 Å². The molecule has 2 amide bonds. The van der Waals surface area contributed by atoms with Crippen molar-refractivity contribution in [1.82, 2.24) is 0 Å². The van der Waals surface area contributed by atoms with E-state index >= 15 is 0 Å². The molecule has 0 aliphatic rings. The van der Waals surface area contributed by atoms with E-state index in [0.29, 0.717) is 11.4 Å². The van der Waals surface area contributed by atoms with E-state index in [1.165, 1.54) is 0 Å². The van der Waals surface area contributed by atoms with E-state index in [0.717, 1.165) is 5.56 Å². The van der Waals surface area contributed by atoms with Crippen LogP contribution in [0.3, 0.4) is 0 Å². The molecule has 0 heterocycles. The molecule has 110 valence electrons. The summed E-state index contributed by atoms with van der Waals surface area (Å²) in [5, 5.41) is 2.65. The first-order valence-corrected chi connectivity index (χ1v) is 6.19. The van der Waals surface area contributed by atoms with Crippen LogP contribution in [0.5, 0.6) is 5.75 Å². The van der Waals surface area contributed by atoms with Crippen molar-refractivity contribution in [1.29, 1.82) is 0 Å². The zero-order valence-electron chi connectivity index (χ0n) is 12.1. The minimum Gasteiger partial charge on any atom is -0.484 e. The first-order valence-electron chi connectivity index (χ1n) is 6.19. The first kappa shape index (κ1) is 15.8. The lowest BCUT2D eigenvalue weighted by atomic mass is 10.2. The topological polar surface area (TPSA) is 90.6 Å². The third-order valence-corrected chi connectivity index (χ3v) is 2.21. The van der Waals surface area contributed by atoms with Gasteiger partial charge in [-0.2, -0.15) is 0 Å². The van der Waals surface area contributed by atoms with Crippen molar-refractivity contribution in [2.45, 2.75) is 33.3 Å². The second kappa shape index (κ2) is 6.27. The molecule has 20 heavy (non-hydrogen) atoms. The molecule has 0 saturated carbocycles. The van der Waals surface area contributed by atoms with E-state index in [9.17, 15) is 9.59 Å². The molecule has 1 rings (SSSR count). The van der Waals surface area contributed by atoms with Crippen molar-refractivity contribution in [2.24, 2.45) is 5.73 Å². The van der Waals surface area contributed by atoms with Crippen LogP contribution in [0.2, 0.25) is 0 Å². The zero-order chi connectivity index (χ0) is 15.3. The molecule has 1 aromatic carbocycles. The Balaban J connectivity index is 2.68. The minimum absolute atomic E-state index is 0.182. The molecule has 0 spiro atoms. The summed E-state index contributed by atoms with van der Waals surface area (Å²) in [5.74, 6) is -0.0327. The predicted octanol–water partition coefficient (Wildman–Crippen LogP) is 2.21. The Morgan fingerprint density at radius 2 is 1.95 bits per heavy atom. The fourth-order valence-electron chi connectivity index (χ4n) is 1.43. The summed E-state index contributed by atoms with van der Waals surface area (Å²) in [5.41, 5.74) is 5.85. The van der Waals surface area contributed by atoms with Crippen molar-refractivity contribution in [2.75, 3.05) is 11.9 Å². The van der Waals surface area contributed by atoms with Gasteiger partial charge < -0.3 is 15.2 Å². The largest absolute Gasteiger partial charge is 0.484 e. The Kier molecular flexibility index (Phi) is 4.96. The van der Waals surface area contributed by atoms with Crippen LogP contribution in [0.25, 0.3) is 0 Å². The number of ether oxygens (including phenoxy) is 2. The number of nitrogens with two attached hydrogens (primary N) is 1. The summed E-state index contributed by atoms with van der Waals surface area (Å²) in [6.45, 7) is 7.00. The molecule has 1 aromatic rings. The van der Waals surface area contributed by atoms with Crippen LogP contribution in [-0.4, -0.2) is 24.2 Å². The Bertz CT molecular complexity index is 506. The highest BCUT2D eigenvalue weighted by molar-refractivity contribution is 5.86. The van der Waals surface area contributed by atoms with Crippen LogP contribution >= 0.6 is 0 Å². The second-order valence-electron chi connectivity index (χ2n) is 5.36. The SMILES string of the molecule is Cc1cc(OCC(N)=O)ccc1NC(=O)OC(C)(C)C. The van der Waals surface area contributed by atoms with E-state index in [-0.39, 0.29) is 6.61 Å². The molecule has 0 fully saturated rings. The van der Waals surface area contributed by atoms with Crippen LogP contribution in [0.1, 0.15) is 26.3 Å². The molecule has 3 N–H and O–H groups in total. The molecule has 0 bridgehead atoms. The van der Waals surface area contributed by atoms with Gasteiger partial charge >= 0.3 is 6.09 Å². The molecule has 0 aliphatic carbocycles. The van der Waals surface area contributed by atoms with Gasteiger partial charge in [-0.15, -0.1) is 0 Å². The van der Waals surface area contributed by atoms with Crippen molar-refractivity contribution in [3.8, 4) is 5.75 Å². The molecule has 0 aliphatic heterocycles. The van der Waals surface area contributed by atoms with E-state index in [4.69, 9.17) is 15.2 Å². The van der Waals surface area contributed by atoms with Crippen LogP contribution < -0.4 is 15.8 Å². The summed E-state index contributed by atoms with van der Waals surface area (Å²) < 4.78 is 10.3. The number of benzene rings is 1. The van der Waals surface area contributed by atoms with Gasteiger partial charge in [-0.1, -0.05) is 0 Å². The first-order chi connectivity index (χ1) is 9.17. The smallest absolute Gasteiger partial charge is 0.412 e. The Labute approximate surface area is 118 Å². The number of carbonyl (C=O) groups is 2. The minimum atomic E-state index is -0.553. The molecule has 0 unspecified atom stereocenters. The molecular weight excluding hydrogens is 260 g/mol. The standard InChI is InChI=1S/C14H20N2O4/c1-9-7-10(19-8-12(15)17)5-6-11(9)16-13(18)20-14(2,3)4/h5-7H,8H2,1-4H3,(H2,15,17)(H,16,18). The zero-order valence-corrected chi connectivity index (χ0v) is 12.1. The third-order valence-electron chi connectivity index (χ3n) is 2.21. The number of aryl methyl sites for hydroxylation is 1. The second-order valence-corrected chi connectivity index (χ2v) is 5.36. The number of carbonyl (C=O) groups excluding carboxylic acids is 2. The van der Waals surface area contributed by atoms with Gasteiger partial charge in [0.25, 0.3) is 5.91 Å². The fourth-order valence-corrected chi connectivity index (χ4v) is 1.43. The van der Waals surface area contributed by atoms with E-state index in [2.05, 4.69) is 5.32 Å². The van der Waals surface area contributed by atoms with Crippen molar-refractivity contribution >= 4 is 17.7 Å². The number of primary amides is 1. The maximum absolute atomic E-state index is 11.7. The molecule has 0 radical (unpaired) electrons. The number of amides is 2. The lowest BCUT2D eigenvalue weighted by molar-refractivity contribution is -0.119. The predicted molar refractivity (Wildman–Crippen MR) is 75.7 cm³/mol. The van der Waals surface area contributed by atoms with Crippen molar-refractivity contribution in [3.05, 3.63) is 23.8 Å². The Morgan fingerprint density at radius 3 is 2.45 bits per heavy atom. The summed E-state index contributed by atoms with van der Waals surface area (Å²) >= 11 is 0. The van der Waals surface area contributed by atoms with Gasteiger partial charge in [0.05, 0.1) is 0 Å². The number of hydrogen-bond donors (Lipinski definition) is 2. The normalized spacial score (nSPS) is 10.8. The van der Waals surface area contributed by atoms with Crippen LogP contribution in [0.15, 0.2) is 18.2 Å². The maximum atomic E-state index is 11.7. The molecule has 0 saturated heterocycles. The number of rotatable bonds is 4. The average molecular weight is 280 g/mol. The van der Waals surface area contributed by atoms with E-state index in [1.807, 2.05) is 6.92 Å².